The van der Waals surface area contributed by atoms with Crippen molar-refractivity contribution in [3.05, 3.63) is 12.2 Å². The first-order valence-electron chi connectivity index (χ1n) is 6.24. The van der Waals surface area contributed by atoms with Crippen LogP contribution in [-0.2, 0) is 4.79 Å². The van der Waals surface area contributed by atoms with Crippen LogP contribution in [0.25, 0.3) is 0 Å². The van der Waals surface area contributed by atoms with Gasteiger partial charge in [-0.25, -0.2) is 0 Å². The summed E-state index contributed by atoms with van der Waals surface area (Å²) in [5.74, 6) is 0.780. The standard InChI is InChI=1S/C14H27NO/c1-12(2)9-7-6-8-10-13(16)15-11-14(3,4)5/h7,9,12H,6,8,10-11H2,1-5H3,(H,15,16)/b9-7+. The van der Waals surface area contributed by atoms with E-state index in [-0.39, 0.29) is 11.3 Å². The Balaban J connectivity index is 3.52. The normalized spacial score (nSPS) is 12.4. The van der Waals surface area contributed by atoms with Gasteiger partial charge in [-0.15, -0.1) is 0 Å². The number of carbonyl (C=O) groups excluding carboxylic acids is 1. The van der Waals surface area contributed by atoms with E-state index >= 15 is 0 Å². The molecule has 0 aromatic carbocycles. The summed E-state index contributed by atoms with van der Waals surface area (Å²) in [5.41, 5.74) is 0.174. The molecular weight excluding hydrogens is 198 g/mol. The summed E-state index contributed by atoms with van der Waals surface area (Å²) < 4.78 is 0. The largest absolute Gasteiger partial charge is 0.356 e. The van der Waals surface area contributed by atoms with Crippen LogP contribution in [0.15, 0.2) is 12.2 Å². The first-order valence-corrected chi connectivity index (χ1v) is 6.24. The van der Waals surface area contributed by atoms with Crippen molar-refractivity contribution < 1.29 is 4.79 Å². The van der Waals surface area contributed by atoms with Crippen LogP contribution in [0.1, 0.15) is 53.9 Å². The Labute approximate surface area is 101 Å². The molecule has 0 aliphatic heterocycles. The molecule has 0 heterocycles. The molecule has 0 aromatic heterocycles. The van der Waals surface area contributed by atoms with E-state index in [1.165, 1.54) is 0 Å². The fourth-order valence-corrected chi connectivity index (χ4v) is 1.20. The maximum atomic E-state index is 11.5. The molecule has 1 N–H and O–H groups in total. The van der Waals surface area contributed by atoms with E-state index in [2.05, 4.69) is 52.1 Å². The van der Waals surface area contributed by atoms with E-state index in [4.69, 9.17) is 0 Å². The number of allylic oxidation sites excluding steroid dienone is 2. The predicted molar refractivity (Wildman–Crippen MR) is 70.3 cm³/mol. The Hall–Kier alpha value is -0.790. The lowest BCUT2D eigenvalue weighted by molar-refractivity contribution is -0.121. The zero-order valence-electron chi connectivity index (χ0n) is 11.5. The first kappa shape index (κ1) is 15.2. The van der Waals surface area contributed by atoms with Gasteiger partial charge in [0, 0.05) is 13.0 Å². The van der Waals surface area contributed by atoms with Crippen LogP contribution in [0.2, 0.25) is 0 Å². The highest BCUT2D eigenvalue weighted by molar-refractivity contribution is 5.75. The number of hydrogen-bond acceptors (Lipinski definition) is 1. The average Bonchev–Trinajstić information content (AvgIpc) is 2.12. The van der Waals surface area contributed by atoms with Crippen molar-refractivity contribution in [2.45, 2.75) is 53.9 Å². The molecule has 0 radical (unpaired) electrons. The van der Waals surface area contributed by atoms with Crippen LogP contribution in [0, 0.1) is 11.3 Å². The SMILES string of the molecule is CC(C)/C=C/CCCC(=O)NCC(C)(C)C. The summed E-state index contributed by atoms with van der Waals surface area (Å²) in [5, 5.41) is 2.96. The molecule has 0 atom stereocenters. The van der Waals surface area contributed by atoms with E-state index in [1.807, 2.05) is 0 Å². The highest BCUT2D eigenvalue weighted by Crippen LogP contribution is 2.10. The maximum Gasteiger partial charge on any atom is 0.220 e. The highest BCUT2D eigenvalue weighted by Gasteiger charge is 2.11. The Morgan fingerprint density at radius 3 is 2.44 bits per heavy atom. The van der Waals surface area contributed by atoms with Crippen LogP contribution in [0.5, 0.6) is 0 Å². The Bertz CT molecular complexity index is 223. The van der Waals surface area contributed by atoms with Gasteiger partial charge in [-0.05, 0) is 24.2 Å². The van der Waals surface area contributed by atoms with Gasteiger partial charge in [-0.1, -0.05) is 46.8 Å². The second-order valence-electron chi connectivity index (χ2n) is 5.90. The van der Waals surface area contributed by atoms with Crippen molar-refractivity contribution in [3.63, 3.8) is 0 Å². The van der Waals surface area contributed by atoms with Gasteiger partial charge in [0.25, 0.3) is 0 Å². The molecule has 0 aliphatic carbocycles. The lowest BCUT2D eigenvalue weighted by atomic mass is 9.97. The molecule has 2 nitrogen and oxygen atoms in total. The molecule has 0 saturated carbocycles. The van der Waals surface area contributed by atoms with Gasteiger partial charge in [0.15, 0.2) is 0 Å². The molecule has 0 saturated heterocycles. The van der Waals surface area contributed by atoms with E-state index < -0.39 is 0 Å². The molecule has 0 aromatic rings. The molecule has 0 unspecified atom stereocenters. The predicted octanol–water partition coefficient (Wildman–Crippen LogP) is 3.53. The number of amides is 1. The lowest BCUT2D eigenvalue weighted by Gasteiger charge is -2.18. The number of rotatable bonds is 6. The Morgan fingerprint density at radius 2 is 1.94 bits per heavy atom. The zero-order valence-corrected chi connectivity index (χ0v) is 11.5. The van der Waals surface area contributed by atoms with Crippen molar-refractivity contribution >= 4 is 5.91 Å². The van der Waals surface area contributed by atoms with Gasteiger partial charge in [-0.2, -0.15) is 0 Å². The number of nitrogens with one attached hydrogen (secondary N) is 1. The molecule has 0 rings (SSSR count). The molecule has 1 amide bonds. The molecule has 0 aliphatic rings. The van der Waals surface area contributed by atoms with Crippen LogP contribution in [-0.4, -0.2) is 12.5 Å². The van der Waals surface area contributed by atoms with E-state index in [1.54, 1.807) is 0 Å². The van der Waals surface area contributed by atoms with Crippen molar-refractivity contribution in [2.75, 3.05) is 6.54 Å². The number of unbranched alkanes of at least 4 members (excludes halogenated alkanes) is 1. The van der Waals surface area contributed by atoms with Crippen molar-refractivity contribution in [3.8, 4) is 0 Å². The smallest absolute Gasteiger partial charge is 0.220 e. The molecule has 16 heavy (non-hydrogen) atoms. The summed E-state index contributed by atoms with van der Waals surface area (Å²) in [7, 11) is 0. The van der Waals surface area contributed by atoms with Crippen LogP contribution in [0.4, 0.5) is 0 Å². The van der Waals surface area contributed by atoms with Gasteiger partial charge in [0.2, 0.25) is 5.91 Å². The van der Waals surface area contributed by atoms with Gasteiger partial charge >= 0.3 is 0 Å². The maximum absolute atomic E-state index is 11.5. The van der Waals surface area contributed by atoms with E-state index in [9.17, 15) is 4.79 Å². The summed E-state index contributed by atoms with van der Waals surface area (Å²) in [6.45, 7) is 11.4. The molecular formula is C14H27NO. The van der Waals surface area contributed by atoms with Gasteiger partial charge in [-0.3, -0.25) is 4.79 Å². The Morgan fingerprint density at radius 1 is 1.31 bits per heavy atom. The second-order valence-corrected chi connectivity index (χ2v) is 5.90. The van der Waals surface area contributed by atoms with Crippen LogP contribution in [0.3, 0.4) is 0 Å². The Kier molecular flexibility index (Phi) is 7.11. The molecule has 2 heteroatoms. The van der Waals surface area contributed by atoms with Crippen molar-refractivity contribution in [1.82, 2.24) is 5.32 Å². The third-order valence-electron chi connectivity index (χ3n) is 2.11. The van der Waals surface area contributed by atoms with E-state index in [0.717, 1.165) is 19.4 Å². The quantitative estimate of drug-likeness (QED) is 0.544. The van der Waals surface area contributed by atoms with Crippen LogP contribution < -0.4 is 5.32 Å². The van der Waals surface area contributed by atoms with Gasteiger partial charge < -0.3 is 5.32 Å². The molecule has 0 fully saturated rings. The fourth-order valence-electron chi connectivity index (χ4n) is 1.20. The highest BCUT2D eigenvalue weighted by atomic mass is 16.1. The van der Waals surface area contributed by atoms with Crippen LogP contribution >= 0.6 is 0 Å². The third kappa shape index (κ3) is 11.3. The summed E-state index contributed by atoms with van der Waals surface area (Å²) in [4.78, 5) is 11.5. The van der Waals surface area contributed by atoms with Gasteiger partial charge in [0.05, 0.1) is 0 Å². The van der Waals surface area contributed by atoms with Gasteiger partial charge in [0.1, 0.15) is 0 Å². The minimum atomic E-state index is 0.174. The summed E-state index contributed by atoms with van der Waals surface area (Å²) in [6.07, 6.45) is 6.94. The summed E-state index contributed by atoms with van der Waals surface area (Å²) >= 11 is 0. The first-order chi connectivity index (χ1) is 7.31. The number of hydrogen-bond donors (Lipinski definition) is 1. The number of carbonyl (C=O) groups is 1. The topological polar surface area (TPSA) is 29.1 Å². The molecule has 0 spiro atoms. The zero-order chi connectivity index (χ0) is 12.6. The second kappa shape index (κ2) is 7.48. The summed E-state index contributed by atoms with van der Waals surface area (Å²) in [6, 6.07) is 0. The van der Waals surface area contributed by atoms with E-state index in [0.29, 0.717) is 12.3 Å². The molecule has 94 valence electrons. The fraction of sp³-hybridized carbons (Fsp3) is 0.786. The lowest BCUT2D eigenvalue weighted by Crippen LogP contribution is -2.31. The minimum Gasteiger partial charge on any atom is -0.356 e. The minimum absolute atomic E-state index is 0.174. The molecule has 0 bridgehead atoms. The van der Waals surface area contributed by atoms with Crippen molar-refractivity contribution in [1.29, 1.82) is 0 Å². The third-order valence-corrected chi connectivity index (χ3v) is 2.11. The monoisotopic (exact) mass is 225 g/mol. The van der Waals surface area contributed by atoms with Crippen molar-refractivity contribution in [2.24, 2.45) is 11.3 Å². The average molecular weight is 225 g/mol.